The minimum absolute atomic E-state index is 0.273. The second-order valence-electron chi connectivity index (χ2n) is 4.00. The Kier molecular flexibility index (Phi) is 3.27. The third-order valence-electron chi connectivity index (χ3n) is 2.74. The van der Waals surface area contributed by atoms with Gasteiger partial charge < -0.3 is 4.74 Å². The van der Waals surface area contributed by atoms with Crippen molar-refractivity contribution in [1.29, 1.82) is 0 Å². The van der Waals surface area contributed by atoms with Gasteiger partial charge in [-0.25, -0.2) is 0 Å². The van der Waals surface area contributed by atoms with Crippen molar-refractivity contribution >= 4 is 22.1 Å². The Morgan fingerprint density at radius 1 is 1.22 bits per heavy atom. The van der Waals surface area contributed by atoms with Crippen LogP contribution >= 0.6 is 0 Å². The molecule has 3 rings (SSSR count). The highest BCUT2D eigenvalue weighted by Gasteiger charge is 2.24. The van der Waals surface area contributed by atoms with Crippen LogP contribution in [-0.2, 0) is 19.7 Å². The smallest absolute Gasteiger partial charge is 0.305 e. The number of fused-ring (bicyclic) bond motifs is 1. The molecule has 2 aromatic rings. The SMILES string of the molecule is O=[S@@]1OC[C@@H](COc2cccc3ccccc23)O1. The van der Waals surface area contributed by atoms with Crippen LogP contribution in [0.3, 0.4) is 0 Å². The first kappa shape index (κ1) is 11.6. The van der Waals surface area contributed by atoms with E-state index in [1.54, 1.807) is 0 Å². The van der Waals surface area contributed by atoms with Gasteiger partial charge in [-0.2, -0.15) is 4.21 Å². The molecule has 1 aliphatic rings. The van der Waals surface area contributed by atoms with Crippen LogP contribution in [-0.4, -0.2) is 23.5 Å². The van der Waals surface area contributed by atoms with E-state index in [9.17, 15) is 4.21 Å². The average Bonchev–Trinajstić information content (AvgIpc) is 2.82. The Morgan fingerprint density at radius 3 is 2.89 bits per heavy atom. The summed E-state index contributed by atoms with van der Waals surface area (Å²) in [7, 11) is 0. The minimum Gasteiger partial charge on any atom is -0.490 e. The summed E-state index contributed by atoms with van der Waals surface area (Å²) in [5, 5.41) is 2.18. The second kappa shape index (κ2) is 5.06. The highest BCUT2D eigenvalue weighted by molar-refractivity contribution is 7.75. The Balaban J connectivity index is 1.76. The van der Waals surface area contributed by atoms with Crippen LogP contribution in [0.15, 0.2) is 42.5 Å². The molecule has 5 heteroatoms. The van der Waals surface area contributed by atoms with Crippen LogP contribution in [0.2, 0.25) is 0 Å². The molecule has 0 unspecified atom stereocenters. The number of benzene rings is 2. The predicted octanol–water partition coefficient (Wildman–Crippen LogP) is 2.21. The summed E-state index contributed by atoms with van der Waals surface area (Å²) in [4.78, 5) is 0. The molecule has 0 aromatic heterocycles. The molecule has 1 heterocycles. The van der Waals surface area contributed by atoms with Crippen LogP contribution < -0.4 is 4.74 Å². The zero-order chi connectivity index (χ0) is 12.4. The van der Waals surface area contributed by atoms with Gasteiger partial charge in [-0.3, -0.25) is 8.37 Å². The third-order valence-corrected chi connectivity index (χ3v) is 3.50. The summed E-state index contributed by atoms with van der Waals surface area (Å²) < 4.78 is 26.4. The molecule has 2 aromatic carbocycles. The summed E-state index contributed by atoms with van der Waals surface area (Å²) in [6.07, 6.45) is -0.273. The van der Waals surface area contributed by atoms with Crippen molar-refractivity contribution in [3.63, 3.8) is 0 Å². The molecular weight excluding hydrogens is 252 g/mol. The van der Waals surface area contributed by atoms with E-state index in [1.807, 2.05) is 42.5 Å². The molecule has 2 atom stereocenters. The van der Waals surface area contributed by atoms with Gasteiger partial charge in [0.2, 0.25) is 0 Å². The lowest BCUT2D eigenvalue weighted by molar-refractivity contribution is 0.152. The Labute approximate surface area is 107 Å². The molecule has 4 nitrogen and oxygen atoms in total. The van der Waals surface area contributed by atoms with Crippen LogP contribution in [0.5, 0.6) is 5.75 Å². The molecule has 18 heavy (non-hydrogen) atoms. The van der Waals surface area contributed by atoms with Crippen molar-refractivity contribution in [2.24, 2.45) is 0 Å². The molecule has 0 aliphatic carbocycles. The van der Waals surface area contributed by atoms with E-state index < -0.39 is 11.4 Å². The zero-order valence-electron chi connectivity index (χ0n) is 9.57. The largest absolute Gasteiger partial charge is 0.490 e. The minimum atomic E-state index is -1.62. The Bertz CT molecular complexity index is 579. The Hall–Kier alpha value is -1.43. The van der Waals surface area contributed by atoms with E-state index in [2.05, 4.69) is 0 Å². The maximum absolute atomic E-state index is 10.9. The second-order valence-corrected chi connectivity index (χ2v) is 4.83. The third kappa shape index (κ3) is 2.38. The highest BCUT2D eigenvalue weighted by Crippen LogP contribution is 2.25. The maximum atomic E-state index is 10.9. The number of hydrogen-bond donors (Lipinski definition) is 0. The van der Waals surface area contributed by atoms with E-state index >= 15 is 0 Å². The van der Waals surface area contributed by atoms with E-state index in [-0.39, 0.29) is 6.10 Å². The zero-order valence-corrected chi connectivity index (χ0v) is 10.4. The molecule has 1 aliphatic heterocycles. The lowest BCUT2D eigenvalue weighted by Crippen LogP contribution is -2.19. The average molecular weight is 264 g/mol. The first-order valence-electron chi connectivity index (χ1n) is 5.66. The first-order valence-corrected chi connectivity index (χ1v) is 6.66. The normalized spacial score (nSPS) is 23.3. The van der Waals surface area contributed by atoms with Crippen molar-refractivity contribution in [1.82, 2.24) is 0 Å². The van der Waals surface area contributed by atoms with Gasteiger partial charge in [0.05, 0.1) is 6.61 Å². The van der Waals surface area contributed by atoms with Crippen molar-refractivity contribution < 1.29 is 17.3 Å². The van der Waals surface area contributed by atoms with E-state index in [0.717, 1.165) is 16.5 Å². The molecule has 0 bridgehead atoms. The molecule has 1 saturated heterocycles. The number of hydrogen-bond acceptors (Lipinski definition) is 4. The van der Waals surface area contributed by atoms with Gasteiger partial charge in [-0.05, 0) is 11.5 Å². The van der Waals surface area contributed by atoms with Crippen molar-refractivity contribution in [3.05, 3.63) is 42.5 Å². The van der Waals surface area contributed by atoms with Crippen LogP contribution in [0, 0.1) is 0 Å². The van der Waals surface area contributed by atoms with E-state index in [4.69, 9.17) is 13.1 Å². The molecule has 0 spiro atoms. The monoisotopic (exact) mass is 264 g/mol. The molecule has 0 N–H and O–H groups in total. The molecular formula is C13H12O4S. The van der Waals surface area contributed by atoms with E-state index in [0.29, 0.717) is 13.2 Å². The summed E-state index contributed by atoms with van der Waals surface area (Å²) >= 11 is -1.62. The Morgan fingerprint density at radius 2 is 2.06 bits per heavy atom. The summed E-state index contributed by atoms with van der Waals surface area (Å²) in [6, 6.07) is 13.9. The van der Waals surface area contributed by atoms with Crippen LogP contribution in [0.4, 0.5) is 0 Å². The van der Waals surface area contributed by atoms with Crippen molar-refractivity contribution in [2.75, 3.05) is 13.2 Å². The van der Waals surface area contributed by atoms with Gasteiger partial charge in [0.1, 0.15) is 18.5 Å². The number of rotatable bonds is 3. The molecule has 94 valence electrons. The fraction of sp³-hybridized carbons (Fsp3) is 0.231. The summed E-state index contributed by atoms with van der Waals surface area (Å²) in [6.45, 7) is 0.636. The summed E-state index contributed by atoms with van der Waals surface area (Å²) in [5.41, 5.74) is 0. The fourth-order valence-electron chi connectivity index (χ4n) is 1.88. The van der Waals surface area contributed by atoms with Gasteiger partial charge in [0.15, 0.2) is 0 Å². The van der Waals surface area contributed by atoms with Gasteiger partial charge in [-0.1, -0.05) is 36.4 Å². The van der Waals surface area contributed by atoms with Crippen LogP contribution in [0.1, 0.15) is 0 Å². The maximum Gasteiger partial charge on any atom is 0.305 e. The van der Waals surface area contributed by atoms with Crippen molar-refractivity contribution in [3.8, 4) is 5.75 Å². The van der Waals surface area contributed by atoms with Gasteiger partial charge >= 0.3 is 11.4 Å². The number of ether oxygens (including phenoxy) is 1. The van der Waals surface area contributed by atoms with Gasteiger partial charge in [0, 0.05) is 5.39 Å². The van der Waals surface area contributed by atoms with Crippen LogP contribution in [0.25, 0.3) is 10.8 Å². The highest BCUT2D eigenvalue weighted by atomic mass is 32.2. The van der Waals surface area contributed by atoms with E-state index in [1.165, 1.54) is 0 Å². The van der Waals surface area contributed by atoms with Gasteiger partial charge in [0.25, 0.3) is 0 Å². The molecule has 0 saturated carbocycles. The topological polar surface area (TPSA) is 44.8 Å². The molecule has 1 fully saturated rings. The molecule has 0 amide bonds. The predicted molar refractivity (Wildman–Crippen MR) is 68.4 cm³/mol. The first-order chi connectivity index (χ1) is 8.83. The van der Waals surface area contributed by atoms with Crippen molar-refractivity contribution in [2.45, 2.75) is 6.10 Å². The standard InChI is InChI=1S/C13H12O4S/c14-18-16-9-11(17-18)8-15-13-7-3-5-10-4-1-2-6-12(10)13/h1-7,11H,8-9H2/t11-,18-/m1/s1. The lowest BCUT2D eigenvalue weighted by Gasteiger charge is -2.11. The molecule has 0 radical (unpaired) electrons. The summed E-state index contributed by atoms with van der Waals surface area (Å²) in [5.74, 6) is 0.800. The fourth-order valence-corrected chi connectivity index (χ4v) is 2.53. The quantitative estimate of drug-likeness (QED) is 0.852. The van der Waals surface area contributed by atoms with Gasteiger partial charge in [-0.15, -0.1) is 0 Å². The lowest BCUT2D eigenvalue weighted by atomic mass is 10.1.